The van der Waals surface area contributed by atoms with Crippen molar-refractivity contribution in [2.75, 3.05) is 19.5 Å². The van der Waals surface area contributed by atoms with Crippen molar-refractivity contribution in [1.82, 2.24) is 0 Å². The molecule has 3 rings (SSSR count). The Labute approximate surface area is 141 Å². The zero-order chi connectivity index (χ0) is 17.8. The molecule has 2 fully saturated rings. The van der Waals surface area contributed by atoms with Crippen LogP contribution in [0.15, 0.2) is 18.2 Å². The van der Waals surface area contributed by atoms with Gasteiger partial charge in [-0.3, -0.25) is 9.59 Å². The second-order valence-electron chi connectivity index (χ2n) is 7.19. The van der Waals surface area contributed by atoms with E-state index in [1.807, 2.05) is 20.8 Å². The predicted octanol–water partition coefficient (Wildman–Crippen LogP) is 2.76. The Hall–Kier alpha value is -2.24. The summed E-state index contributed by atoms with van der Waals surface area (Å²) in [4.78, 5) is 25.4. The van der Waals surface area contributed by atoms with Gasteiger partial charge in [0.2, 0.25) is 0 Å². The summed E-state index contributed by atoms with van der Waals surface area (Å²) >= 11 is 0. The van der Waals surface area contributed by atoms with Crippen molar-refractivity contribution < 1.29 is 23.8 Å². The number of esters is 1. The maximum atomic E-state index is 13.1. The molecule has 0 radical (unpaired) electrons. The molecule has 24 heavy (non-hydrogen) atoms. The van der Waals surface area contributed by atoms with Crippen molar-refractivity contribution in [1.29, 1.82) is 0 Å². The number of rotatable bonds is 4. The number of fused-ring (bicyclic) bond motifs is 2. The van der Waals surface area contributed by atoms with E-state index in [9.17, 15) is 9.59 Å². The number of methoxy groups -OCH3 is 2. The minimum absolute atomic E-state index is 0.300. The van der Waals surface area contributed by atoms with Crippen molar-refractivity contribution >= 4 is 17.6 Å². The second-order valence-corrected chi connectivity index (χ2v) is 7.19. The van der Waals surface area contributed by atoms with Gasteiger partial charge >= 0.3 is 5.97 Å². The molecule has 1 N–H and O–H groups in total. The molecule has 6 nitrogen and oxygen atoms in total. The predicted molar refractivity (Wildman–Crippen MR) is 88.1 cm³/mol. The number of carbonyl (C=O) groups excluding carboxylic acids is 2. The molecule has 1 aliphatic carbocycles. The molecule has 6 heteroatoms. The molecule has 1 aromatic rings. The van der Waals surface area contributed by atoms with Gasteiger partial charge in [-0.1, -0.05) is 13.8 Å². The first-order valence-electron chi connectivity index (χ1n) is 7.99. The fourth-order valence-corrected chi connectivity index (χ4v) is 3.88. The summed E-state index contributed by atoms with van der Waals surface area (Å²) < 4.78 is 16.1. The molecule has 0 unspecified atom stereocenters. The van der Waals surface area contributed by atoms with E-state index in [2.05, 4.69) is 5.32 Å². The van der Waals surface area contributed by atoms with E-state index in [-0.39, 0.29) is 11.9 Å². The molecule has 2 bridgehead atoms. The summed E-state index contributed by atoms with van der Waals surface area (Å²) in [5, 5.41) is 2.87. The minimum Gasteiger partial charge on any atom is -0.497 e. The lowest BCUT2D eigenvalue weighted by Gasteiger charge is -2.35. The highest BCUT2D eigenvalue weighted by Gasteiger charge is 2.75. The summed E-state index contributed by atoms with van der Waals surface area (Å²) in [7, 11) is 3.08. The van der Waals surface area contributed by atoms with Gasteiger partial charge in [-0.2, -0.15) is 0 Å². The lowest BCUT2D eigenvalue weighted by atomic mass is 9.66. The van der Waals surface area contributed by atoms with Gasteiger partial charge in [0.1, 0.15) is 11.5 Å². The largest absolute Gasteiger partial charge is 0.497 e. The van der Waals surface area contributed by atoms with Gasteiger partial charge in [-0.15, -0.1) is 0 Å². The zero-order valence-electron chi connectivity index (χ0n) is 14.7. The number of amides is 1. The summed E-state index contributed by atoms with van der Waals surface area (Å²) in [6, 6.07) is 5.15. The molecule has 1 saturated heterocycles. The molecule has 2 aliphatic rings. The van der Waals surface area contributed by atoms with Crippen LogP contribution in [0.1, 0.15) is 33.6 Å². The van der Waals surface area contributed by atoms with Crippen molar-refractivity contribution in [2.24, 2.45) is 10.8 Å². The van der Waals surface area contributed by atoms with Crippen LogP contribution in [-0.4, -0.2) is 31.7 Å². The first kappa shape index (κ1) is 16.6. The van der Waals surface area contributed by atoms with E-state index in [1.54, 1.807) is 25.3 Å². The molecule has 1 saturated carbocycles. The van der Waals surface area contributed by atoms with Crippen LogP contribution in [0.25, 0.3) is 0 Å². The molecular formula is C18H23NO5. The van der Waals surface area contributed by atoms with Gasteiger partial charge in [-0.25, -0.2) is 0 Å². The van der Waals surface area contributed by atoms with E-state index < -0.39 is 16.4 Å². The van der Waals surface area contributed by atoms with E-state index >= 15 is 0 Å². The SMILES string of the molecule is COc1ccc(OC)c(NC(=O)[C@]23CC[C@@](C)(C(=O)O2)C3(C)C)c1. The third-order valence-electron chi connectivity index (χ3n) is 6.11. The Kier molecular flexibility index (Phi) is 3.55. The smallest absolute Gasteiger partial charge is 0.313 e. The molecule has 130 valence electrons. The monoisotopic (exact) mass is 333 g/mol. The third-order valence-corrected chi connectivity index (χ3v) is 6.11. The average molecular weight is 333 g/mol. The molecule has 1 amide bonds. The van der Waals surface area contributed by atoms with Gasteiger partial charge in [-0.05, 0) is 31.9 Å². The molecule has 1 heterocycles. The Morgan fingerprint density at radius 2 is 1.88 bits per heavy atom. The van der Waals surface area contributed by atoms with Gasteiger partial charge in [0, 0.05) is 11.5 Å². The Morgan fingerprint density at radius 1 is 1.17 bits per heavy atom. The van der Waals surface area contributed by atoms with Crippen LogP contribution in [0.5, 0.6) is 11.5 Å². The van der Waals surface area contributed by atoms with Crippen LogP contribution in [0.4, 0.5) is 5.69 Å². The number of benzene rings is 1. The van der Waals surface area contributed by atoms with E-state index in [0.717, 1.165) is 0 Å². The molecule has 0 spiro atoms. The number of hydrogen-bond acceptors (Lipinski definition) is 5. The van der Waals surface area contributed by atoms with Crippen molar-refractivity contribution in [3.63, 3.8) is 0 Å². The van der Waals surface area contributed by atoms with E-state index in [0.29, 0.717) is 30.0 Å². The molecule has 0 aromatic heterocycles. The molecular weight excluding hydrogens is 310 g/mol. The van der Waals surface area contributed by atoms with Crippen LogP contribution >= 0.6 is 0 Å². The fraction of sp³-hybridized carbons (Fsp3) is 0.556. The third kappa shape index (κ3) is 1.88. The van der Waals surface area contributed by atoms with Crippen LogP contribution in [0.3, 0.4) is 0 Å². The minimum atomic E-state index is -1.16. The van der Waals surface area contributed by atoms with E-state index in [1.165, 1.54) is 7.11 Å². The summed E-state index contributed by atoms with van der Waals surface area (Å²) in [5.74, 6) is 0.492. The lowest BCUT2D eigenvalue weighted by molar-refractivity contribution is -0.165. The van der Waals surface area contributed by atoms with Crippen molar-refractivity contribution in [3.8, 4) is 11.5 Å². The topological polar surface area (TPSA) is 73.9 Å². The number of nitrogens with one attached hydrogen (secondary N) is 1. The van der Waals surface area contributed by atoms with Crippen molar-refractivity contribution in [3.05, 3.63) is 18.2 Å². The zero-order valence-corrected chi connectivity index (χ0v) is 14.7. The van der Waals surface area contributed by atoms with Crippen LogP contribution in [0, 0.1) is 10.8 Å². The first-order chi connectivity index (χ1) is 11.2. The maximum Gasteiger partial charge on any atom is 0.313 e. The molecule has 2 atom stereocenters. The Balaban J connectivity index is 1.95. The number of anilines is 1. The normalized spacial score (nSPS) is 30.0. The van der Waals surface area contributed by atoms with Gasteiger partial charge in [0.25, 0.3) is 5.91 Å². The maximum absolute atomic E-state index is 13.1. The summed E-state index contributed by atoms with van der Waals surface area (Å²) in [5.41, 5.74) is -1.90. The second kappa shape index (κ2) is 5.13. The number of ether oxygens (including phenoxy) is 3. The van der Waals surface area contributed by atoms with E-state index in [4.69, 9.17) is 14.2 Å². The highest BCUT2D eigenvalue weighted by atomic mass is 16.6. The number of hydrogen-bond donors (Lipinski definition) is 1. The van der Waals surface area contributed by atoms with Gasteiger partial charge in [0.15, 0.2) is 5.60 Å². The average Bonchev–Trinajstić information content (AvgIpc) is 2.85. The fourth-order valence-electron chi connectivity index (χ4n) is 3.88. The van der Waals surface area contributed by atoms with Gasteiger partial charge in [0.05, 0.1) is 25.3 Å². The van der Waals surface area contributed by atoms with Crippen LogP contribution < -0.4 is 14.8 Å². The van der Waals surface area contributed by atoms with Crippen molar-refractivity contribution in [2.45, 2.75) is 39.2 Å². The number of carbonyl (C=O) groups is 2. The summed E-state index contributed by atoms with van der Waals surface area (Å²) in [6.07, 6.45) is 1.15. The first-order valence-corrected chi connectivity index (χ1v) is 7.99. The molecule has 1 aromatic carbocycles. The summed E-state index contributed by atoms with van der Waals surface area (Å²) in [6.45, 7) is 5.73. The standard InChI is InChI=1S/C18H23NO5/c1-16(2)17(3)8-9-18(16,24-15(17)21)14(20)19-12-10-11(22-4)6-7-13(12)23-5/h6-7,10H,8-9H2,1-5H3,(H,19,20)/t17-,18-/m0/s1. The lowest BCUT2D eigenvalue weighted by Crippen LogP contribution is -2.50. The van der Waals surface area contributed by atoms with Crippen LogP contribution in [-0.2, 0) is 14.3 Å². The Morgan fingerprint density at radius 3 is 2.38 bits per heavy atom. The molecule has 1 aliphatic heterocycles. The quantitative estimate of drug-likeness (QED) is 0.858. The highest BCUT2D eigenvalue weighted by Crippen LogP contribution is 2.65. The van der Waals surface area contributed by atoms with Crippen LogP contribution in [0.2, 0.25) is 0 Å². The van der Waals surface area contributed by atoms with Gasteiger partial charge < -0.3 is 19.5 Å². The Bertz CT molecular complexity index is 713. The highest BCUT2D eigenvalue weighted by molar-refractivity contribution is 6.04.